The van der Waals surface area contributed by atoms with Crippen LogP contribution in [0.4, 0.5) is 0 Å². The molecule has 0 aliphatic carbocycles. The molecule has 0 aromatic heterocycles. The number of carbonyl (C=O) groups excluding carboxylic acids is 1. The summed E-state index contributed by atoms with van der Waals surface area (Å²) in [7, 11) is 0. The maximum atomic E-state index is 12.3. The average Bonchev–Trinajstić information content (AvgIpc) is 2.76. The van der Waals surface area contributed by atoms with Crippen molar-refractivity contribution in [3.8, 4) is 11.5 Å². The summed E-state index contributed by atoms with van der Waals surface area (Å²) in [5.74, 6) is 1.20. The van der Waals surface area contributed by atoms with Gasteiger partial charge >= 0.3 is 0 Å². The monoisotopic (exact) mass is 542 g/mol. The summed E-state index contributed by atoms with van der Waals surface area (Å²) < 4.78 is 12.8. The number of benzene rings is 3. The molecular formula is C26H27IN2O3. The number of hydrogen-bond acceptors (Lipinski definition) is 4. The van der Waals surface area contributed by atoms with E-state index in [0.717, 1.165) is 25.8 Å². The van der Waals surface area contributed by atoms with Gasteiger partial charge in [-0.3, -0.25) is 4.79 Å². The molecule has 166 valence electrons. The highest BCUT2D eigenvalue weighted by Crippen LogP contribution is 2.34. The Hall–Kier alpha value is -2.87. The second-order valence-electron chi connectivity index (χ2n) is 7.44. The predicted molar refractivity (Wildman–Crippen MR) is 136 cm³/mol. The smallest absolute Gasteiger partial charge is 0.244 e. The number of nitrogens with zero attached hydrogens (tertiary/aromatic N) is 1. The summed E-state index contributed by atoms with van der Waals surface area (Å²) in [5.41, 5.74) is 7.79. The third-order valence-electron chi connectivity index (χ3n) is 4.81. The SMILES string of the molecule is CCOc1cc(/C=N\NC(=O)Cc2ccc(C)cc2C)cc(I)c1OCc1ccccc1. The van der Waals surface area contributed by atoms with E-state index in [4.69, 9.17) is 9.47 Å². The van der Waals surface area contributed by atoms with Gasteiger partial charge in [-0.1, -0.05) is 54.1 Å². The van der Waals surface area contributed by atoms with Crippen LogP contribution in [-0.2, 0) is 17.8 Å². The van der Waals surface area contributed by atoms with Gasteiger partial charge in [0.2, 0.25) is 5.91 Å². The first-order chi connectivity index (χ1) is 15.5. The first kappa shape index (κ1) is 23.8. The normalized spacial score (nSPS) is 10.9. The largest absolute Gasteiger partial charge is 0.490 e. The molecular weight excluding hydrogens is 515 g/mol. The molecule has 0 heterocycles. The van der Waals surface area contributed by atoms with Crippen molar-refractivity contribution in [1.82, 2.24) is 5.43 Å². The Kier molecular flexibility index (Phi) is 8.67. The zero-order valence-electron chi connectivity index (χ0n) is 18.5. The van der Waals surface area contributed by atoms with E-state index in [1.165, 1.54) is 5.56 Å². The second-order valence-corrected chi connectivity index (χ2v) is 8.60. The molecule has 0 bridgehead atoms. The fraction of sp³-hybridized carbons (Fsp3) is 0.231. The molecule has 3 rings (SSSR count). The molecule has 1 amide bonds. The van der Waals surface area contributed by atoms with E-state index in [1.807, 2.05) is 75.4 Å². The lowest BCUT2D eigenvalue weighted by molar-refractivity contribution is -0.120. The summed E-state index contributed by atoms with van der Waals surface area (Å²) in [6.45, 7) is 6.96. The van der Waals surface area contributed by atoms with Gasteiger partial charge < -0.3 is 9.47 Å². The average molecular weight is 542 g/mol. The van der Waals surface area contributed by atoms with Gasteiger partial charge in [0.05, 0.1) is 22.8 Å². The number of carbonyl (C=O) groups is 1. The van der Waals surface area contributed by atoms with Gasteiger partial charge in [-0.25, -0.2) is 5.43 Å². The van der Waals surface area contributed by atoms with Crippen LogP contribution in [0.25, 0.3) is 0 Å². The van der Waals surface area contributed by atoms with Gasteiger partial charge in [0, 0.05) is 0 Å². The van der Waals surface area contributed by atoms with Gasteiger partial charge in [-0.15, -0.1) is 0 Å². The highest BCUT2D eigenvalue weighted by Gasteiger charge is 2.12. The van der Waals surface area contributed by atoms with Gasteiger partial charge in [0.1, 0.15) is 6.61 Å². The van der Waals surface area contributed by atoms with E-state index in [2.05, 4.69) is 39.2 Å². The van der Waals surface area contributed by atoms with Crippen molar-refractivity contribution in [3.63, 3.8) is 0 Å². The van der Waals surface area contributed by atoms with Crippen LogP contribution in [0.15, 0.2) is 65.8 Å². The van der Waals surface area contributed by atoms with E-state index < -0.39 is 0 Å². The number of rotatable bonds is 9. The molecule has 0 unspecified atom stereocenters. The highest BCUT2D eigenvalue weighted by atomic mass is 127. The molecule has 3 aromatic rings. The first-order valence-corrected chi connectivity index (χ1v) is 11.5. The summed E-state index contributed by atoms with van der Waals surface area (Å²) in [6.07, 6.45) is 1.91. The van der Waals surface area contributed by atoms with Crippen LogP contribution in [0, 0.1) is 17.4 Å². The van der Waals surface area contributed by atoms with Crippen molar-refractivity contribution in [3.05, 3.63) is 92.1 Å². The molecule has 0 aliphatic heterocycles. The number of amides is 1. The molecule has 0 atom stereocenters. The van der Waals surface area contributed by atoms with Crippen LogP contribution in [0.5, 0.6) is 11.5 Å². The summed E-state index contributed by atoms with van der Waals surface area (Å²) in [6, 6.07) is 19.9. The van der Waals surface area contributed by atoms with E-state index in [9.17, 15) is 4.79 Å². The Morgan fingerprint density at radius 3 is 2.56 bits per heavy atom. The molecule has 0 saturated carbocycles. The third kappa shape index (κ3) is 6.82. The number of hydrogen-bond donors (Lipinski definition) is 1. The van der Waals surface area contributed by atoms with Gasteiger partial charge in [0.15, 0.2) is 11.5 Å². The molecule has 6 heteroatoms. The van der Waals surface area contributed by atoms with Crippen LogP contribution in [0.1, 0.15) is 34.7 Å². The van der Waals surface area contributed by atoms with Crippen LogP contribution in [0.3, 0.4) is 0 Å². The summed E-state index contributed by atoms with van der Waals surface area (Å²) in [5, 5.41) is 4.13. The van der Waals surface area contributed by atoms with Crippen molar-refractivity contribution < 1.29 is 14.3 Å². The molecule has 0 radical (unpaired) electrons. The van der Waals surface area contributed by atoms with E-state index in [-0.39, 0.29) is 12.3 Å². The number of aryl methyl sites for hydroxylation is 2. The van der Waals surface area contributed by atoms with Gasteiger partial charge in [-0.2, -0.15) is 5.10 Å². The third-order valence-corrected chi connectivity index (χ3v) is 5.61. The first-order valence-electron chi connectivity index (χ1n) is 10.5. The lowest BCUT2D eigenvalue weighted by Gasteiger charge is -2.14. The Labute approximate surface area is 203 Å². The quantitative estimate of drug-likeness (QED) is 0.218. The van der Waals surface area contributed by atoms with Crippen LogP contribution >= 0.6 is 22.6 Å². The number of ether oxygens (including phenoxy) is 2. The van der Waals surface area contributed by atoms with Crippen LogP contribution in [0.2, 0.25) is 0 Å². The Morgan fingerprint density at radius 2 is 1.84 bits per heavy atom. The Morgan fingerprint density at radius 1 is 1.06 bits per heavy atom. The molecule has 0 aliphatic rings. The van der Waals surface area contributed by atoms with Gasteiger partial charge in [0.25, 0.3) is 0 Å². The lowest BCUT2D eigenvalue weighted by Crippen LogP contribution is -2.20. The molecule has 0 spiro atoms. The standard InChI is InChI=1S/C26H27IN2O3/c1-4-31-24-14-21(13-23(27)26(24)32-17-20-8-6-5-7-9-20)16-28-29-25(30)15-22-11-10-18(2)12-19(22)3/h5-14,16H,4,15,17H2,1-3H3,(H,29,30)/b28-16-. The minimum Gasteiger partial charge on any atom is -0.490 e. The fourth-order valence-electron chi connectivity index (χ4n) is 3.23. The van der Waals surface area contributed by atoms with Crippen LogP contribution in [-0.4, -0.2) is 18.7 Å². The summed E-state index contributed by atoms with van der Waals surface area (Å²) >= 11 is 2.23. The maximum Gasteiger partial charge on any atom is 0.244 e. The van der Waals surface area contributed by atoms with Crippen molar-refractivity contribution in [2.45, 2.75) is 33.8 Å². The molecule has 3 aromatic carbocycles. The molecule has 32 heavy (non-hydrogen) atoms. The topological polar surface area (TPSA) is 59.9 Å². The number of hydrazone groups is 1. The minimum atomic E-state index is -0.157. The van der Waals surface area contributed by atoms with Crippen molar-refractivity contribution in [2.24, 2.45) is 5.10 Å². The zero-order valence-corrected chi connectivity index (χ0v) is 20.7. The Balaban J connectivity index is 1.66. The maximum absolute atomic E-state index is 12.3. The summed E-state index contributed by atoms with van der Waals surface area (Å²) in [4.78, 5) is 12.3. The van der Waals surface area contributed by atoms with Crippen molar-refractivity contribution in [2.75, 3.05) is 6.61 Å². The van der Waals surface area contributed by atoms with E-state index in [1.54, 1.807) is 6.21 Å². The van der Waals surface area contributed by atoms with Crippen molar-refractivity contribution in [1.29, 1.82) is 0 Å². The van der Waals surface area contributed by atoms with Crippen LogP contribution < -0.4 is 14.9 Å². The fourth-order valence-corrected chi connectivity index (χ4v) is 4.01. The lowest BCUT2D eigenvalue weighted by atomic mass is 10.0. The number of halogens is 1. The van der Waals surface area contributed by atoms with Gasteiger partial charge in [-0.05, 0) is 77.7 Å². The van der Waals surface area contributed by atoms with E-state index >= 15 is 0 Å². The molecule has 0 fully saturated rings. The molecule has 0 saturated heterocycles. The predicted octanol–water partition coefficient (Wildman–Crippen LogP) is 5.58. The van der Waals surface area contributed by atoms with Crippen molar-refractivity contribution >= 4 is 34.7 Å². The Bertz CT molecular complexity index is 1100. The highest BCUT2D eigenvalue weighted by molar-refractivity contribution is 14.1. The molecule has 5 nitrogen and oxygen atoms in total. The minimum absolute atomic E-state index is 0.157. The zero-order chi connectivity index (χ0) is 22.9. The van der Waals surface area contributed by atoms with E-state index in [0.29, 0.717) is 24.7 Å². The number of nitrogens with one attached hydrogen (secondary N) is 1. The second kappa shape index (κ2) is 11.7. The molecule has 1 N–H and O–H groups in total.